The molecule has 0 saturated carbocycles. The first kappa shape index (κ1) is 54.0. The number of rotatable bonds is 8. The highest BCUT2D eigenvalue weighted by atomic mass is 14.7. The second-order valence-electron chi connectivity index (χ2n) is 23.7. The average Bonchev–Trinajstić information content (AvgIpc) is 0.758. The fourth-order valence-corrected chi connectivity index (χ4v) is 13.5. The summed E-state index contributed by atoms with van der Waals surface area (Å²) in [5.74, 6) is 0. The maximum Gasteiger partial charge on any atom is 0.0794 e. The molecule has 0 aliphatic carbocycles. The van der Waals surface area contributed by atoms with Crippen LogP contribution in [0.4, 0.5) is 0 Å². The van der Waals surface area contributed by atoms with Crippen LogP contribution in [0.5, 0.6) is 0 Å². The fraction of sp³-hybridized carbons (Fsp3) is 0. The van der Waals surface area contributed by atoms with E-state index in [0.29, 0.717) is 0 Å². The van der Waals surface area contributed by atoms with Crippen molar-refractivity contribution in [3.8, 4) is 89.3 Å². The minimum absolute atomic E-state index is 0.972. The molecule has 18 rings (SSSR count). The largest absolute Gasteiger partial charge is 0.265 e. The lowest BCUT2D eigenvalue weighted by molar-refractivity contribution is 1.33. The van der Waals surface area contributed by atoms with Gasteiger partial charge in [-0.05, 0) is 187 Å². The predicted molar refractivity (Wildman–Crippen MR) is 388 cm³/mol. The second-order valence-corrected chi connectivity index (χ2v) is 23.7. The number of pyridine rings is 4. The smallest absolute Gasteiger partial charge is 0.0794 e. The quantitative estimate of drug-likeness (QED) is 0.142. The molecular weight excluding hydrogens is 1110 g/mol. The van der Waals surface area contributed by atoms with Crippen molar-refractivity contribution in [1.29, 1.82) is 0 Å². The van der Waals surface area contributed by atoms with Crippen molar-refractivity contribution >= 4 is 86.4 Å². The first-order valence-electron chi connectivity index (χ1n) is 31.3. The third kappa shape index (κ3) is 10.0. The maximum absolute atomic E-state index is 5.41. The molecule has 4 nitrogen and oxygen atoms in total. The Morgan fingerprint density at radius 3 is 0.913 bits per heavy atom. The summed E-state index contributed by atoms with van der Waals surface area (Å²) < 4.78 is 0. The molecule has 0 aliphatic rings. The Bertz CT molecular complexity index is 5500. The van der Waals surface area contributed by atoms with Crippen LogP contribution in [0, 0.1) is 0 Å². The van der Waals surface area contributed by atoms with E-state index in [2.05, 4.69) is 319 Å². The average molecular weight is 1170 g/mol. The molecule has 0 aliphatic heterocycles. The van der Waals surface area contributed by atoms with Crippen LogP contribution in [0.1, 0.15) is 0 Å². The van der Waals surface area contributed by atoms with Gasteiger partial charge < -0.3 is 0 Å². The van der Waals surface area contributed by atoms with E-state index in [4.69, 9.17) is 9.97 Å². The summed E-state index contributed by atoms with van der Waals surface area (Å²) in [6, 6.07) is 114. The van der Waals surface area contributed by atoms with Gasteiger partial charge in [0.05, 0.1) is 22.4 Å². The lowest BCUT2D eigenvalue weighted by Gasteiger charge is -2.16. The minimum atomic E-state index is 0.972. The van der Waals surface area contributed by atoms with Crippen molar-refractivity contribution in [3.63, 3.8) is 0 Å². The first-order chi connectivity index (χ1) is 45.6. The normalized spacial score (nSPS) is 11.5. The molecule has 4 aromatic heterocycles. The lowest BCUT2D eigenvalue weighted by Crippen LogP contribution is -1.93. The third-order valence-electron chi connectivity index (χ3n) is 18.3. The van der Waals surface area contributed by atoms with Gasteiger partial charge in [0.25, 0.3) is 0 Å². The molecule has 18 aromatic rings. The molecule has 4 heterocycles. The Balaban J connectivity index is 0.000000141. The van der Waals surface area contributed by atoms with Gasteiger partial charge in [0.1, 0.15) is 0 Å². The van der Waals surface area contributed by atoms with E-state index >= 15 is 0 Å². The van der Waals surface area contributed by atoms with Crippen molar-refractivity contribution in [2.45, 2.75) is 0 Å². The molecule has 92 heavy (non-hydrogen) atoms. The van der Waals surface area contributed by atoms with Gasteiger partial charge in [-0.25, -0.2) is 9.97 Å². The molecule has 4 heteroatoms. The number of hydrogen-bond donors (Lipinski definition) is 0. The van der Waals surface area contributed by atoms with Crippen LogP contribution in [0.2, 0.25) is 0 Å². The standard InChI is InChI=1S/2C44H28N2/c1-3-10-33-24-35(21-17-29(33)8-1)41-27-43(36-22-18-30-9-2-4-11-34(30)25-36)46-44-39-14-6-5-13-38(39)40(26-42(41)44)32-19-15-31(16-20-32)37-12-7-23-45-28-37;1-3-9-34-25-36(19-15-29(34)7-1)41-28-43(37-20-16-30-8-2-4-10-35(30)26-37)46-44-39-12-6-5-11-38(39)40(27-42(41)44)33-17-13-31(14-18-33)32-21-23-45-24-22-32/h2*1-28H. The third-order valence-corrected chi connectivity index (χ3v) is 18.3. The number of benzene rings is 14. The van der Waals surface area contributed by atoms with Crippen molar-refractivity contribution in [2.75, 3.05) is 0 Å². The Morgan fingerprint density at radius 2 is 0.500 bits per heavy atom. The van der Waals surface area contributed by atoms with Gasteiger partial charge in [-0.2, -0.15) is 0 Å². The van der Waals surface area contributed by atoms with Gasteiger partial charge in [-0.1, -0.05) is 249 Å². The van der Waals surface area contributed by atoms with E-state index in [1.165, 1.54) is 104 Å². The van der Waals surface area contributed by atoms with E-state index < -0.39 is 0 Å². The summed E-state index contributed by atoms with van der Waals surface area (Å²) in [6.45, 7) is 0. The van der Waals surface area contributed by atoms with Gasteiger partial charge in [0, 0.05) is 57.5 Å². The van der Waals surface area contributed by atoms with E-state index in [0.717, 1.165) is 71.8 Å². The van der Waals surface area contributed by atoms with E-state index in [1.807, 2.05) is 30.9 Å². The van der Waals surface area contributed by atoms with E-state index in [9.17, 15) is 0 Å². The highest BCUT2D eigenvalue weighted by Gasteiger charge is 2.20. The Labute approximate surface area is 532 Å². The Kier molecular flexibility index (Phi) is 13.5. The molecule has 428 valence electrons. The molecule has 0 saturated heterocycles. The second kappa shape index (κ2) is 23.0. The summed E-state index contributed by atoms with van der Waals surface area (Å²) in [4.78, 5) is 19.3. The zero-order chi connectivity index (χ0) is 60.9. The number of hydrogen-bond acceptors (Lipinski definition) is 4. The molecule has 14 aromatic carbocycles. The zero-order valence-electron chi connectivity index (χ0n) is 50.1. The van der Waals surface area contributed by atoms with Gasteiger partial charge >= 0.3 is 0 Å². The van der Waals surface area contributed by atoms with Crippen LogP contribution >= 0.6 is 0 Å². The van der Waals surface area contributed by atoms with Crippen LogP contribution in [0.3, 0.4) is 0 Å². The maximum atomic E-state index is 5.41. The monoisotopic (exact) mass is 1170 g/mol. The van der Waals surface area contributed by atoms with Gasteiger partial charge in [0.15, 0.2) is 0 Å². The van der Waals surface area contributed by atoms with E-state index in [-0.39, 0.29) is 0 Å². The SMILES string of the molecule is c1ccc2cc(-c3cc(-c4ccc5ccccc5c4)c4cc(-c5ccc(-c6ccncc6)cc5)c5ccccc5c4n3)ccc2c1.c1cncc(-c2ccc(-c3cc4c(-c5ccc6ccccc6c5)cc(-c5ccc6ccccc6c5)nc4c4ccccc34)cc2)c1. The lowest BCUT2D eigenvalue weighted by atomic mass is 9.90. The number of aromatic nitrogens is 4. The van der Waals surface area contributed by atoms with Gasteiger partial charge in [-0.15, -0.1) is 0 Å². The number of nitrogens with zero attached hydrogens (tertiary/aromatic N) is 4. The molecule has 0 N–H and O–H groups in total. The molecule has 0 spiro atoms. The zero-order valence-corrected chi connectivity index (χ0v) is 50.1. The molecular formula is C88H56N4. The summed E-state index contributed by atoms with van der Waals surface area (Å²) in [6.07, 6.45) is 7.40. The summed E-state index contributed by atoms with van der Waals surface area (Å²) >= 11 is 0. The molecule has 0 radical (unpaired) electrons. The topological polar surface area (TPSA) is 51.6 Å². The summed E-state index contributed by atoms with van der Waals surface area (Å²) in [5, 5.41) is 16.8. The van der Waals surface area contributed by atoms with Crippen LogP contribution in [0.15, 0.2) is 340 Å². The van der Waals surface area contributed by atoms with Crippen LogP contribution in [-0.2, 0) is 0 Å². The highest BCUT2D eigenvalue weighted by Crippen LogP contribution is 2.44. The van der Waals surface area contributed by atoms with Crippen molar-refractivity contribution in [2.24, 2.45) is 0 Å². The predicted octanol–water partition coefficient (Wildman–Crippen LogP) is 23.5. The fourth-order valence-electron chi connectivity index (χ4n) is 13.5. The van der Waals surface area contributed by atoms with Crippen LogP contribution in [0.25, 0.3) is 176 Å². The molecule has 0 unspecified atom stereocenters. The molecule has 0 fully saturated rings. The molecule has 0 amide bonds. The number of fused-ring (bicyclic) bond motifs is 10. The summed E-state index contributed by atoms with van der Waals surface area (Å²) in [5.41, 5.74) is 20.3. The van der Waals surface area contributed by atoms with Gasteiger partial charge in [-0.3, -0.25) is 9.97 Å². The van der Waals surface area contributed by atoms with Crippen LogP contribution in [-0.4, -0.2) is 19.9 Å². The van der Waals surface area contributed by atoms with Crippen molar-refractivity contribution in [1.82, 2.24) is 19.9 Å². The van der Waals surface area contributed by atoms with Crippen LogP contribution < -0.4 is 0 Å². The van der Waals surface area contributed by atoms with Crippen molar-refractivity contribution < 1.29 is 0 Å². The molecule has 0 bridgehead atoms. The van der Waals surface area contributed by atoms with E-state index in [1.54, 1.807) is 0 Å². The highest BCUT2D eigenvalue weighted by molar-refractivity contribution is 6.18. The van der Waals surface area contributed by atoms with Crippen molar-refractivity contribution in [3.05, 3.63) is 340 Å². The first-order valence-corrected chi connectivity index (χ1v) is 31.3. The minimum Gasteiger partial charge on any atom is -0.265 e. The molecule has 0 atom stereocenters. The Morgan fingerprint density at radius 1 is 0.174 bits per heavy atom. The van der Waals surface area contributed by atoms with Gasteiger partial charge in [0.2, 0.25) is 0 Å². The summed E-state index contributed by atoms with van der Waals surface area (Å²) in [7, 11) is 0. The Hall–Kier alpha value is -12.2.